The number of imidazole rings is 1. The number of hydrogen-bond donors (Lipinski definition) is 2. The Morgan fingerprint density at radius 2 is 1.70 bits per heavy atom. The van der Waals surface area contributed by atoms with E-state index in [-0.39, 0.29) is 11.6 Å². The highest BCUT2D eigenvalue weighted by Gasteiger charge is 2.27. The summed E-state index contributed by atoms with van der Waals surface area (Å²) in [5.41, 5.74) is 6.95. The minimum Gasteiger partial charge on any atom is -0.384 e. The van der Waals surface area contributed by atoms with E-state index in [9.17, 15) is 14.7 Å². The summed E-state index contributed by atoms with van der Waals surface area (Å²) in [4.78, 5) is 32.3. The number of carbonyl (C=O) groups excluding carboxylic acids is 1. The Morgan fingerprint density at radius 1 is 0.955 bits per heavy atom. The van der Waals surface area contributed by atoms with Gasteiger partial charge in [0.15, 0.2) is 0 Å². The SMILES string of the molecule is CC(O)C(=O)N1CCC(c2ccc(-n3c(=O)n(C)c4cnc5ccc(C6CCC(c7cnn(C)c7)NC6)cc5c43)cc2)CC1. The number of aryl methyl sites for hydroxylation is 2. The smallest absolute Gasteiger partial charge is 0.333 e. The summed E-state index contributed by atoms with van der Waals surface area (Å²) in [6, 6.07) is 15.1. The van der Waals surface area contributed by atoms with Crippen LogP contribution < -0.4 is 11.0 Å². The van der Waals surface area contributed by atoms with Gasteiger partial charge in [0.05, 0.1) is 34.6 Å². The van der Waals surface area contributed by atoms with E-state index in [2.05, 4.69) is 46.9 Å². The molecule has 0 aliphatic carbocycles. The van der Waals surface area contributed by atoms with Gasteiger partial charge >= 0.3 is 5.69 Å². The molecule has 10 heteroatoms. The van der Waals surface area contributed by atoms with Crippen LogP contribution in [0.25, 0.3) is 27.6 Å². The molecule has 10 nitrogen and oxygen atoms in total. The largest absolute Gasteiger partial charge is 0.384 e. The number of carbonyl (C=O) groups is 1. The lowest BCUT2D eigenvalue weighted by Crippen LogP contribution is -2.42. The van der Waals surface area contributed by atoms with Crippen molar-refractivity contribution in [2.24, 2.45) is 14.1 Å². The van der Waals surface area contributed by atoms with Gasteiger partial charge in [0.2, 0.25) is 0 Å². The third kappa shape index (κ3) is 5.01. The van der Waals surface area contributed by atoms with Crippen LogP contribution in [0.3, 0.4) is 0 Å². The lowest BCUT2D eigenvalue weighted by Gasteiger charge is -2.33. The zero-order chi connectivity index (χ0) is 30.5. The minimum atomic E-state index is -0.962. The first-order valence-electron chi connectivity index (χ1n) is 15.6. The van der Waals surface area contributed by atoms with Crippen LogP contribution in [0.4, 0.5) is 0 Å². The van der Waals surface area contributed by atoms with Gasteiger partial charge in [0.1, 0.15) is 6.10 Å². The molecule has 2 saturated heterocycles. The van der Waals surface area contributed by atoms with Crippen LogP contribution in [0.15, 0.2) is 65.8 Å². The molecule has 7 rings (SSSR count). The molecule has 5 heterocycles. The Bertz CT molecular complexity index is 1890. The number of aromatic nitrogens is 5. The number of aliphatic hydroxyl groups is 1. The van der Waals surface area contributed by atoms with Crippen LogP contribution >= 0.6 is 0 Å². The third-order valence-corrected chi connectivity index (χ3v) is 9.71. The molecule has 1 amide bonds. The molecule has 2 aliphatic rings. The minimum absolute atomic E-state index is 0.101. The summed E-state index contributed by atoms with van der Waals surface area (Å²) < 4.78 is 5.34. The van der Waals surface area contributed by atoms with Crippen molar-refractivity contribution in [3.05, 3.63) is 88.2 Å². The fourth-order valence-electron chi connectivity index (χ4n) is 7.15. The van der Waals surface area contributed by atoms with Crippen LogP contribution in [0.2, 0.25) is 0 Å². The van der Waals surface area contributed by atoms with Crippen LogP contribution in [-0.4, -0.2) is 65.6 Å². The zero-order valence-electron chi connectivity index (χ0n) is 25.5. The summed E-state index contributed by atoms with van der Waals surface area (Å²) in [6.45, 7) is 3.68. The molecule has 2 N–H and O–H groups in total. The monoisotopic (exact) mass is 593 g/mol. The number of nitrogens with zero attached hydrogens (tertiary/aromatic N) is 6. The Labute approximate surface area is 255 Å². The molecule has 2 fully saturated rings. The number of piperidine rings is 2. The third-order valence-electron chi connectivity index (χ3n) is 9.71. The lowest BCUT2D eigenvalue weighted by molar-refractivity contribution is -0.140. The molecule has 3 unspecified atom stereocenters. The fourth-order valence-corrected chi connectivity index (χ4v) is 7.15. The maximum absolute atomic E-state index is 13.7. The van der Waals surface area contributed by atoms with E-state index >= 15 is 0 Å². The van der Waals surface area contributed by atoms with Gasteiger partial charge < -0.3 is 15.3 Å². The first-order valence-corrected chi connectivity index (χ1v) is 15.6. The molecule has 3 atom stereocenters. The van der Waals surface area contributed by atoms with Gasteiger partial charge in [0, 0.05) is 56.9 Å². The normalized spacial score (nSPS) is 20.4. The van der Waals surface area contributed by atoms with Crippen molar-refractivity contribution in [1.82, 2.24) is 34.1 Å². The van der Waals surface area contributed by atoms with Crippen LogP contribution in [0.1, 0.15) is 67.2 Å². The number of rotatable bonds is 5. The van der Waals surface area contributed by atoms with Crippen molar-refractivity contribution < 1.29 is 9.90 Å². The summed E-state index contributed by atoms with van der Waals surface area (Å²) in [5, 5.41) is 18.7. The van der Waals surface area contributed by atoms with E-state index in [1.54, 1.807) is 22.7 Å². The molecule has 0 radical (unpaired) electrons. The van der Waals surface area contributed by atoms with Gasteiger partial charge in [-0.3, -0.25) is 23.6 Å². The van der Waals surface area contributed by atoms with Gasteiger partial charge in [-0.1, -0.05) is 18.2 Å². The lowest BCUT2D eigenvalue weighted by atomic mass is 9.86. The van der Waals surface area contributed by atoms with Crippen LogP contribution in [0.5, 0.6) is 0 Å². The topological polar surface area (TPSA) is 110 Å². The highest BCUT2D eigenvalue weighted by Crippen LogP contribution is 2.35. The number of likely N-dealkylation sites (tertiary alicyclic amines) is 1. The van der Waals surface area contributed by atoms with Crippen molar-refractivity contribution in [2.45, 2.75) is 56.6 Å². The predicted octanol–water partition coefficient (Wildman–Crippen LogP) is 3.91. The van der Waals surface area contributed by atoms with Crippen LogP contribution in [0, 0.1) is 0 Å². The van der Waals surface area contributed by atoms with Gasteiger partial charge in [-0.05, 0) is 79.8 Å². The van der Waals surface area contributed by atoms with E-state index in [0.29, 0.717) is 31.0 Å². The van der Waals surface area contributed by atoms with Crippen molar-refractivity contribution in [3.63, 3.8) is 0 Å². The van der Waals surface area contributed by atoms with E-state index in [1.807, 2.05) is 34.6 Å². The van der Waals surface area contributed by atoms with Crippen molar-refractivity contribution in [3.8, 4) is 5.69 Å². The number of pyridine rings is 1. The average Bonchev–Trinajstić information content (AvgIpc) is 3.60. The number of aliphatic hydroxyl groups excluding tert-OH is 1. The second-order valence-electron chi connectivity index (χ2n) is 12.5. The number of fused-ring (bicyclic) bond motifs is 3. The second kappa shape index (κ2) is 11.3. The molecule has 2 aliphatic heterocycles. The highest BCUT2D eigenvalue weighted by molar-refractivity contribution is 6.03. The zero-order valence-corrected chi connectivity index (χ0v) is 25.5. The Kier molecular flexibility index (Phi) is 7.34. The van der Waals surface area contributed by atoms with Crippen molar-refractivity contribution in [2.75, 3.05) is 19.6 Å². The predicted molar refractivity (Wildman–Crippen MR) is 170 cm³/mol. The standard InChI is InChI=1S/C34H39N7O3/c1-21(42)33(43)40-14-12-23(13-15-40)22-4-8-27(9-5-22)41-32-28-16-24(6-11-30(28)36-19-31(32)39(3)34(41)44)25-7-10-29(35-17-25)26-18-37-38(2)20-26/h4-6,8-9,11,16,18-21,23,25,29,35,42H,7,10,12-15,17H2,1-3H3. The Hall–Kier alpha value is -4.28. The maximum atomic E-state index is 13.7. The number of benzene rings is 2. The first kappa shape index (κ1) is 28.5. The van der Waals surface area contributed by atoms with E-state index in [0.717, 1.165) is 59.9 Å². The molecule has 3 aromatic heterocycles. The number of amides is 1. The molecule has 2 aromatic carbocycles. The molecule has 5 aromatic rings. The Balaban J connectivity index is 1.18. The van der Waals surface area contributed by atoms with Gasteiger partial charge in [-0.15, -0.1) is 0 Å². The van der Waals surface area contributed by atoms with E-state index in [4.69, 9.17) is 4.98 Å². The number of nitrogens with one attached hydrogen (secondary N) is 1. The summed E-state index contributed by atoms with van der Waals surface area (Å²) >= 11 is 0. The molecule has 44 heavy (non-hydrogen) atoms. The molecular weight excluding hydrogens is 554 g/mol. The maximum Gasteiger partial charge on any atom is 0.333 e. The van der Waals surface area contributed by atoms with Crippen LogP contribution in [-0.2, 0) is 18.9 Å². The van der Waals surface area contributed by atoms with E-state index < -0.39 is 6.10 Å². The number of hydrogen-bond acceptors (Lipinski definition) is 6. The van der Waals surface area contributed by atoms with Gasteiger partial charge in [-0.2, -0.15) is 5.10 Å². The van der Waals surface area contributed by atoms with E-state index in [1.165, 1.54) is 23.6 Å². The molecule has 0 bridgehead atoms. The van der Waals surface area contributed by atoms with Gasteiger partial charge in [0.25, 0.3) is 5.91 Å². The second-order valence-corrected chi connectivity index (χ2v) is 12.5. The first-order chi connectivity index (χ1) is 21.3. The summed E-state index contributed by atoms with van der Waals surface area (Å²) in [5.74, 6) is 0.501. The molecule has 0 saturated carbocycles. The van der Waals surface area contributed by atoms with Crippen molar-refractivity contribution >= 4 is 27.8 Å². The highest BCUT2D eigenvalue weighted by atomic mass is 16.3. The quantitative estimate of drug-likeness (QED) is 0.320. The Morgan fingerprint density at radius 3 is 2.36 bits per heavy atom. The molecule has 228 valence electrons. The van der Waals surface area contributed by atoms with Crippen molar-refractivity contribution in [1.29, 1.82) is 0 Å². The average molecular weight is 594 g/mol. The summed E-state index contributed by atoms with van der Waals surface area (Å²) in [6.07, 6.45) is 8.67. The molecule has 0 spiro atoms. The fraction of sp³-hybridized carbons (Fsp3) is 0.412. The molecular formula is C34H39N7O3. The summed E-state index contributed by atoms with van der Waals surface area (Å²) in [7, 11) is 3.75. The van der Waals surface area contributed by atoms with Gasteiger partial charge in [-0.25, -0.2) is 4.79 Å².